The molecule has 0 heterocycles. The average molecular weight is 254 g/mol. The Kier molecular flexibility index (Phi) is 6.73. The lowest BCUT2D eigenvalue weighted by Gasteiger charge is -2.10. The van der Waals surface area contributed by atoms with E-state index in [0.29, 0.717) is 12.2 Å². The minimum Gasteiger partial charge on any atom is -0.491 e. The van der Waals surface area contributed by atoms with Gasteiger partial charge in [0.05, 0.1) is 12.7 Å². The summed E-state index contributed by atoms with van der Waals surface area (Å²) in [5.74, 6) is -0.128. The Morgan fingerprint density at radius 1 is 1.22 bits per heavy atom. The van der Waals surface area contributed by atoms with Gasteiger partial charge in [-0.1, -0.05) is 38.7 Å². The van der Waals surface area contributed by atoms with Gasteiger partial charge in [0.2, 0.25) is 0 Å². The SMILES string of the molecule is CCCCCCCOc1ccc(C(C)O)cc1F. The van der Waals surface area contributed by atoms with E-state index in [1.54, 1.807) is 19.1 Å². The number of benzene rings is 1. The minimum atomic E-state index is -0.650. The van der Waals surface area contributed by atoms with E-state index in [-0.39, 0.29) is 5.75 Å². The highest BCUT2D eigenvalue weighted by Gasteiger charge is 2.07. The second-order valence-electron chi connectivity index (χ2n) is 4.63. The molecular weight excluding hydrogens is 231 g/mol. The van der Waals surface area contributed by atoms with E-state index in [4.69, 9.17) is 4.74 Å². The maximum atomic E-state index is 13.6. The van der Waals surface area contributed by atoms with Gasteiger partial charge in [-0.3, -0.25) is 0 Å². The average Bonchev–Trinajstić information content (AvgIpc) is 2.35. The molecule has 0 saturated heterocycles. The van der Waals surface area contributed by atoms with Crippen LogP contribution in [0.3, 0.4) is 0 Å². The van der Waals surface area contributed by atoms with E-state index < -0.39 is 11.9 Å². The summed E-state index contributed by atoms with van der Waals surface area (Å²) in [5, 5.41) is 9.33. The highest BCUT2D eigenvalue weighted by Crippen LogP contribution is 2.22. The van der Waals surface area contributed by atoms with Gasteiger partial charge in [0.1, 0.15) is 0 Å². The fourth-order valence-corrected chi connectivity index (χ4v) is 1.78. The lowest BCUT2D eigenvalue weighted by Crippen LogP contribution is -2.00. The highest BCUT2D eigenvalue weighted by molar-refractivity contribution is 5.30. The normalized spacial score (nSPS) is 12.4. The number of ether oxygens (including phenoxy) is 1. The van der Waals surface area contributed by atoms with Crippen molar-refractivity contribution >= 4 is 0 Å². The lowest BCUT2D eigenvalue weighted by atomic mass is 10.1. The van der Waals surface area contributed by atoms with Gasteiger partial charge in [0.25, 0.3) is 0 Å². The van der Waals surface area contributed by atoms with Gasteiger partial charge in [-0.05, 0) is 31.0 Å². The summed E-state index contributed by atoms with van der Waals surface area (Å²) in [6, 6.07) is 4.61. The van der Waals surface area contributed by atoms with Crippen LogP contribution in [0.1, 0.15) is 57.6 Å². The Morgan fingerprint density at radius 2 is 1.94 bits per heavy atom. The molecule has 2 nitrogen and oxygen atoms in total. The Labute approximate surface area is 109 Å². The van der Waals surface area contributed by atoms with Crippen LogP contribution in [-0.2, 0) is 0 Å². The zero-order valence-corrected chi connectivity index (χ0v) is 11.3. The van der Waals surface area contributed by atoms with Crippen LogP contribution in [0.25, 0.3) is 0 Å². The molecule has 0 saturated carbocycles. The number of aliphatic hydroxyl groups is 1. The lowest BCUT2D eigenvalue weighted by molar-refractivity contribution is 0.198. The Balaban J connectivity index is 2.34. The third kappa shape index (κ3) is 5.05. The highest BCUT2D eigenvalue weighted by atomic mass is 19.1. The maximum Gasteiger partial charge on any atom is 0.165 e. The molecule has 1 atom stereocenters. The predicted octanol–water partition coefficient (Wildman–Crippen LogP) is 4.23. The number of halogens is 1. The molecule has 1 unspecified atom stereocenters. The zero-order chi connectivity index (χ0) is 13.4. The zero-order valence-electron chi connectivity index (χ0n) is 11.3. The molecule has 0 bridgehead atoms. The van der Waals surface area contributed by atoms with Gasteiger partial charge >= 0.3 is 0 Å². The van der Waals surface area contributed by atoms with Crippen molar-refractivity contribution in [2.75, 3.05) is 6.61 Å². The molecule has 3 heteroatoms. The van der Waals surface area contributed by atoms with Crippen molar-refractivity contribution in [3.63, 3.8) is 0 Å². The molecule has 0 aliphatic carbocycles. The van der Waals surface area contributed by atoms with Gasteiger partial charge in [0, 0.05) is 0 Å². The van der Waals surface area contributed by atoms with Crippen molar-refractivity contribution in [1.29, 1.82) is 0 Å². The maximum absolute atomic E-state index is 13.6. The molecule has 0 aliphatic rings. The van der Waals surface area contributed by atoms with Crippen LogP contribution in [0.4, 0.5) is 4.39 Å². The molecule has 18 heavy (non-hydrogen) atoms. The van der Waals surface area contributed by atoms with Crippen molar-refractivity contribution in [1.82, 2.24) is 0 Å². The molecule has 0 fully saturated rings. The number of hydrogen-bond donors (Lipinski definition) is 1. The summed E-state index contributed by atoms with van der Waals surface area (Å²) in [4.78, 5) is 0. The number of rotatable bonds is 8. The smallest absolute Gasteiger partial charge is 0.165 e. The van der Waals surface area contributed by atoms with E-state index in [2.05, 4.69) is 6.92 Å². The van der Waals surface area contributed by atoms with Crippen LogP contribution in [0.15, 0.2) is 18.2 Å². The number of aliphatic hydroxyl groups excluding tert-OH is 1. The van der Waals surface area contributed by atoms with Crippen molar-refractivity contribution in [3.8, 4) is 5.75 Å². The van der Waals surface area contributed by atoms with Crippen LogP contribution >= 0.6 is 0 Å². The molecule has 0 radical (unpaired) electrons. The van der Waals surface area contributed by atoms with Gasteiger partial charge in [-0.2, -0.15) is 0 Å². The molecule has 0 aliphatic heterocycles. The first kappa shape index (κ1) is 15.0. The van der Waals surface area contributed by atoms with Gasteiger partial charge in [-0.25, -0.2) is 4.39 Å². The summed E-state index contributed by atoms with van der Waals surface area (Å²) in [5.41, 5.74) is 0.572. The third-order valence-electron chi connectivity index (χ3n) is 2.94. The van der Waals surface area contributed by atoms with E-state index in [9.17, 15) is 9.50 Å². The topological polar surface area (TPSA) is 29.5 Å². The predicted molar refractivity (Wildman–Crippen MR) is 71.3 cm³/mol. The van der Waals surface area contributed by atoms with Crippen LogP contribution in [0, 0.1) is 5.82 Å². The van der Waals surface area contributed by atoms with Crippen LogP contribution in [-0.4, -0.2) is 11.7 Å². The van der Waals surface area contributed by atoms with E-state index >= 15 is 0 Å². The molecule has 102 valence electrons. The van der Waals surface area contributed by atoms with Gasteiger partial charge in [-0.15, -0.1) is 0 Å². The standard InChI is InChI=1S/C15H23FO2/c1-3-4-5-6-7-10-18-15-9-8-13(12(2)17)11-14(15)16/h8-9,11-12,17H,3-7,10H2,1-2H3. The summed E-state index contributed by atoms with van der Waals surface area (Å²) < 4.78 is 19.0. The number of unbranched alkanes of at least 4 members (excludes halogenated alkanes) is 4. The summed E-state index contributed by atoms with van der Waals surface area (Å²) in [6.07, 6.45) is 5.11. The van der Waals surface area contributed by atoms with E-state index in [1.165, 1.54) is 25.3 Å². The van der Waals surface area contributed by atoms with Crippen LogP contribution in [0.5, 0.6) is 5.75 Å². The second kappa shape index (κ2) is 8.09. The summed E-state index contributed by atoms with van der Waals surface area (Å²) >= 11 is 0. The molecule has 0 amide bonds. The van der Waals surface area contributed by atoms with E-state index in [1.807, 2.05) is 0 Å². The monoisotopic (exact) mass is 254 g/mol. The quantitative estimate of drug-likeness (QED) is 0.703. The van der Waals surface area contributed by atoms with Crippen molar-refractivity contribution in [3.05, 3.63) is 29.6 Å². The first-order valence-corrected chi connectivity index (χ1v) is 6.75. The van der Waals surface area contributed by atoms with E-state index in [0.717, 1.165) is 12.8 Å². The van der Waals surface area contributed by atoms with Crippen LogP contribution in [0.2, 0.25) is 0 Å². The van der Waals surface area contributed by atoms with Gasteiger partial charge < -0.3 is 9.84 Å². The molecule has 0 spiro atoms. The molecule has 1 rings (SSSR count). The first-order chi connectivity index (χ1) is 8.65. The van der Waals surface area contributed by atoms with Crippen molar-refractivity contribution in [2.45, 2.75) is 52.1 Å². The molecule has 1 aromatic rings. The molecule has 1 aromatic carbocycles. The van der Waals surface area contributed by atoms with Gasteiger partial charge in [0.15, 0.2) is 11.6 Å². The second-order valence-corrected chi connectivity index (χ2v) is 4.63. The first-order valence-electron chi connectivity index (χ1n) is 6.75. The summed E-state index contributed by atoms with van der Waals surface area (Å²) in [7, 11) is 0. The Morgan fingerprint density at radius 3 is 2.56 bits per heavy atom. The van der Waals surface area contributed by atoms with Crippen LogP contribution < -0.4 is 4.74 Å². The Hall–Kier alpha value is -1.09. The summed E-state index contributed by atoms with van der Waals surface area (Å²) in [6.45, 7) is 4.34. The fraction of sp³-hybridized carbons (Fsp3) is 0.600. The fourth-order valence-electron chi connectivity index (χ4n) is 1.78. The molecule has 1 N–H and O–H groups in total. The molecular formula is C15H23FO2. The minimum absolute atomic E-state index is 0.273. The third-order valence-corrected chi connectivity index (χ3v) is 2.94. The Bertz CT molecular complexity index is 350. The number of hydrogen-bond acceptors (Lipinski definition) is 2. The molecule has 0 aromatic heterocycles. The largest absolute Gasteiger partial charge is 0.491 e. The van der Waals surface area contributed by atoms with Crippen molar-refractivity contribution in [2.24, 2.45) is 0 Å². The van der Waals surface area contributed by atoms with Crippen molar-refractivity contribution < 1.29 is 14.2 Å².